The fourth-order valence-corrected chi connectivity index (χ4v) is 3.68. The van der Waals surface area contributed by atoms with Crippen molar-refractivity contribution in [3.05, 3.63) is 0 Å². The van der Waals surface area contributed by atoms with Gasteiger partial charge in [0.1, 0.15) is 0 Å². The zero-order chi connectivity index (χ0) is 15.0. The van der Waals surface area contributed by atoms with Crippen LogP contribution in [0.25, 0.3) is 0 Å². The van der Waals surface area contributed by atoms with Gasteiger partial charge in [-0.15, -0.1) is 0 Å². The number of rotatable bonds is 9. The van der Waals surface area contributed by atoms with Crippen LogP contribution >= 0.6 is 0 Å². The number of ether oxygens (including phenoxy) is 1. The number of methoxy groups -OCH3 is 1. The third-order valence-corrected chi connectivity index (χ3v) is 4.86. The Bertz CT molecular complexity index is 247. The Morgan fingerprint density at radius 1 is 1.20 bits per heavy atom. The van der Waals surface area contributed by atoms with Gasteiger partial charge >= 0.3 is 0 Å². The topological polar surface area (TPSA) is 24.5 Å². The number of likely N-dealkylation sites (N-methyl/N-ethyl adjacent to an activating group) is 1. The molecule has 0 heterocycles. The lowest BCUT2D eigenvalue weighted by Crippen LogP contribution is -2.49. The van der Waals surface area contributed by atoms with Crippen LogP contribution in [0.5, 0.6) is 0 Å². The smallest absolute Gasteiger partial charge is 0.0589 e. The van der Waals surface area contributed by atoms with Crippen LogP contribution in [0.3, 0.4) is 0 Å². The van der Waals surface area contributed by atoms with E-state index in [9.17, 15) is 0 Å². The molecule has 4 unspecified atom stereocenters. The van der Waals surface area contributed by atoms with E-state index in [4.69, 9.17) is 4.74 Å². The number of nitrogens with one attached hydrogen (secondary N) is 1. The molecule has 3 heteroatoms. The van der Waals surface area contributed by atoms with Crippen LogP contribution in [0, 0.1) is 17.8 Å². The van der Waals surface area contributed by atoms with E-state index in [0.717, 1.165) is 44.0 Å². The molecular weight excluding hydrogens is 248 g/mol. The summed E-state index contributed by atoms with van der Waals surface area (Å²) in [6, 6.07) is 0.699. The van der Waals surface area contributed by atoms with Gasteiger partial charge in [-0.25, -0.2) is 0 Å². The summed E-state index contributed by atoms with van der Waals surface area (Å²) in [4.78, 5) is 2.56. The van der Waals surface area contributed by atoms with Gasteiger partial charge in [0.25, 0.3) is 0 Å². The van der Waals surface area contributed by atoms with Crippen LogP contribution in [0.1, 0.15) is 47.0 Å². The molecule has 3 nitrogen and oxygen atoms in total. The number of hydrogen-bond donors (Lipinski definition) is 1. The summed E-state index contributed by atoms with van der Waals surface area (Å²) in [5.74, 6) is 2.48. The highest BCUT2D eigenvalue weighted by Crippen LogP contribution is 2.34. The largest absolute Gasteiger partial charge is 0.383 e. The molecule has 0 bridgehead atoms. The molecule has 0 amide bonds. The van der Waals surface area contributed by atoms with Crippen LogP contribution in [0.15, 0.2) is 0 Å². The molecule has 120 valence electrons. The molecule has 0 aromatic carbocycles. The van der Waals surface area contributed by atoms with E-state index in [2.05, 4.69) is 37.9 Å². The second-order valence-corrected chi connectivity index (χ2v) is 6.66. The van der Waals surface area contributed by atoms with Crippen LogP contribution in [0.4, 0.5) is 0 Å². The quantitative estimate of drug-likeness (QED) is 0.704. The van der Waals surface area contributed by atoms with Crippen molar-refractivity contribution in [1.82, 2.24) is 10.2 Å². The molecule has 0 aromatic rings. The number of hydrogen-bond acceptors (Lipinski definition) is 3. The Kier molecular flexibility index (Phi) is 8.74. The van der Waals surface area contributed by atoms with Crippen molar-refractivity contribution in [2.24, 2.45) is 17.8 Å². The zero-order valence-corrected chi connectivity index (χ0v) is 14.3. The van der Waals surface area contributed by atoms with Gasteiger partial charge in [-0.05, 0) is 50.1 Å². The lowest BCUT2D eigenvalue weighted by atomic mass is 9.72. The minimum Gasteiger partial charge on any atom is -0.383 e. The second-order valence-electron chi connectivity index (χ2n) is 6.66. The van der Waals surface area contributed by atoms with Crippen molar-refractivity contribution < 1.29 is 4.74 Å². The summed E-state index contributed by atoms with van der Waals surface area (Å²) in [5, 5.41) is 3.81. The molecular formula is C17H36N2O. The van der Waals surface area contributed by atoms with Gasteiger partial charge in [0.05, 0.1) is 6.61 Å². The molecule has 0 saturated heterocycles. The fraction of sp³-hybridized carbons (Fsp3) is 1.00. The minimum absolute atomic E-state index is 0.699. The van der Waals surface area contributed by atoms with Gasteiger partial charge < -0.3 is 15.0 Å². The molecule has 4 atom stereocenters. The Morgan fingerprint density at radius 3 is 2.55 bits per heavy atom. The van der Waals surface area contributed by atoms with Crippen molar-refractivity contribution in [3.63, 3.8) is 0 Å². The predicted octanol–water partition coefficient (Wildman–Crippen LogP) is 3.01. The van der Waals surface area contributed by atoms with E-state index in [1.54, 1.807) is 7.11 Å². The van der Waals surface area contributed by atoms with E-state index in [1.165, 1.54) is 25.8 Å². The van der Waals surface area contributed by atoms with Crippen molar-refractivity contribution >= 4 is 0 Å². The minimum atomic E-state index is 0.699. The van der Waals surface area contributed by atoms with Crippen molar-refractivity contribution in [1.29, 1.82) is 0 Å². The average molecular weight is 284 g/mol. The molecule has 0 radical (unpaired) electrons. The maximum Gasteiger partial charge on any atom is 0.0589 e. The highest BCUT2D eigenvalue weighted by Gasteiger charge is 2.34. The molecule has 1 aliphatic carbocycles. The van der Waals surface area contributed by atoms with Gasteiger partial charge in [0, 0.05) is 26.2 Å². The highest BCUT2D eigenvalue weighted by atomic mass is 16.5. The summed E-state index contributed by atoms with van der Waals surface area (Å²) >= 11 is 0. The molecule has 1 rings (SSSR count). The number of nitrogens with zero attached hydrogens (tertiary/aromatic N) is 1. The Labute approximate surface area is 126 Å². The zero-order valence-electron chi connectivity index (χ0n) is 14.3. The standard InChI is InChI=1S/C17H36N2O/c1-6-8-18-17-12-14(3)11-15(4)16(17)13-19(7-2)9-10-20-5/h14-18H,6-13H2,1-5H3. The Hall–Kier alpha value is -0.120. The first kappa shape index (κ1) is 17.9. The average Bonchev–Trinajstić information content (AvgIpc) is 2.43. The van der Waals surface area contributed by atoms with Gasteiger partial charge in [0.15, 0.2) is 0 Å². The predicted molar refractivity (Wildman–Crippen MR) is 87.1 cm³/mol. The highest BCUT2D eigenvalue weighted by molar-refractivity contribution is 4.89. The van der Waals surface area contributed by atoms with E-state index < -0.39 is 0 Å². The lowest BCUT2D eigenvalue weighted by Gasteiger charge is -2.42. The molecule has 1 fully saturated rings. The Morgan fingerprint density at radius 2 is 1.95 bits per heavy atom. The van der Waals surface area contributed by atoms with Crippen LogP contribution in [0.2, 0.25) is 0 Å². The molecule has 20 heavy (non-hydrogen) atoms. The second kappa shape index (κ2) is 9.75. The monoisotopic (exact) mass is 284 g/mol. The van der Waals surface area contributed by atoms with Crippen molar-refractivity contribution in [2.75, 3.05) is 39.9 Å². The summed E-state index contributed by atoms with van der Waals surface area (Å²) in [6.45, 7) is 14.8. The van der Waals surface area contributed by atoms with E-state index in [0.29, 0.717) is 6.04 Å². The van der Waals surface area contributed by atoms with E-state index >= 15 is 0 Å². The van der Waals surface area contributed by atoms with Gasteiger partial charge in [-0.1, -0.05) is 27.7 Å². The third-order valence-electron chi connectivity index (χ3n) is 4.86. The normalized spacial score (nSPS) is 30.9. The SMILES string of the molecule is CCCNC1CC(C)CC(C)C1CN(CC)CCOC. The Balaban J connectivity index is 2.59. The maximum atomic E-state index is 5.24. The summed E-state index contributed by atoms with van der Waals surface area (Å²) in [6.07, 6.45) is 3.96. The van der Waals surface area contributed by atoms with Gasteiger partial charge in [0.2, 0.25) is 0 Å². The first-order chi connectivity index (χ1) is 9.62. The molecule has 0 aromatic heterocycles. The molecule has 1 saturated carbocycles. The molecule has 0 spiro atoms. The first-order valence-corrected chi connectivity index (χ1v) is 8.56. The molecule has 0 aliphatic heterocycles. The van der Waals surface area contributed by atoms with Gasteiger partial charge in [-0.2, -0.15) is 0 Å². The first-order valence-electron chi connectivity index (χ1n) is 8.56. The lowest BCUT2D eigenvalue weighted by molar-refractivity contribution is 0.0852. The van der Waals surface area contributed by atoms with E-state index in [1.807, 2.05) is 0 Å². The third kappa shape index (κ3) is 5.71. The van der Waals surface area contributed by atoms with Crippen LogP contribution in [-0.2, 0) is 4.74 Å². The summed E-state index contributed by atoms with van der Waals surface area (Å²) < 4.78 is 5.24. The van der Waals surface area contributed by atoms with Crippen molar-refractivity contribution in [3.8, 4) is 0 Å². The maximum absolute atomic E-state index is 5.24. The molecule has 1 aliphatic rings. The van der Waals surface area contributed by atoms with Crippen LogP contribution in [-0.4, -0.2) is 50.8 Å². The van der Waals surface area contributed by atoms with E-state index in [-0.39, 0.29) is 0 Å². The summed E-state index contributed by atoms with van der Waals surface area (Å²) in [5.41, 5.74) is 0. The fourth-order valence-electron chi connectivity index (χ4n) is 3.68. The molecule has 1 N–H and O–H groups in total. The van der Waals surface area contributed by atoms with Crippen LogP contribution < -0.4 is 5.32 Å². The van der Waals surface area contributed by atoms with Crippen molar-refractivity contribution in [2.45, 2.75) is 53.0 Å². The summed E-state index contributed by atoms with van der Waals surface area (Å²) in [7, 11) is 1.80. The van der Waals surface area contributed by atoms with Gasteiger partial charge in [-0.3, -0.25) is 0 Å².